The van der Waals surface area contributed by atoms with E-state index in [-0.39, 0.29) is 17.1 Å². The van der Waals surface area contributed by atoms with Crippen LogP contribution in [0.1, 0.15) is 15.9 Å². The van der Waals surface area contributed by atoms with Gasteiger partial charge in [0, 0.05) is 6.20 Å². The highest BCUT2D eigenvalue weighted by Gasteiger charge is 2.33. The Kier molecular flexibility index (Phi) is 4.11. The summed E-state index contributed by atoms with van der Waals surface area (Å²) in [5, 5.41) is 2.56. The van der Waals surface area contributed by atoms with Crippen LogP contribution in [0.25, 0.3) is 0 Å². The first kappa shape index (κ1) is 14.8. The number of aromatic nitrogens is 1. The Morgan fingerprint density at radius 3 is 2.62 bits per heavy atom. The number of esters is 1. The number of halogens is 3. The van der Waals surface area contributed by atoms with Gasteiger partial charge in [-0.2, -0.15) is 13.2 Å². The number of nitrogens with zero attached hydrogens (tertiary/aromatic N) is 1. The molecule has 0 aliphatic carbocycles. The normalized spacial score (nSPS) is 11.0. The van der Waals surface area contributed by atoms with Crippen LogP contribution in [0.2, 0.25) is 0 Å². The highest BCUT2D eigenvalue weighted by molar-refractivity contribution is 5.90. The van der Waals surface area contributed by atoms with Gasteiger partial charge in [-0.3, -0.25) is 0 Å². The number of carbonyl (C=O) groups is 1. The fourth-order valence-corrected chi connectivity index (χ4v) is 1.72. The molecule has 21 heavy (non-hydrogen) atoms. The molecule has 1 heterocycles. The van der Waals surface area contributed by atoms with Crippen LogP contribution in [0.5, 0.6) is 0 Å². The molecule has 7 heteroatoms. The fraction of sp³-hybridized carbons (Fsp3) is 0.143. The Hall–Kier alpha value is -2.57. The van der Waals surface area contributed by atoms with Crippen molar-refractivity contribution in [3.8, 4) is 0 Å². The molecule has 1 aromatic carbocycles. The van der Waals surface area contributed by atoms with E-state index in [1.165, 1.54) is 43.6 Å². The molecule has 0 saturated carbocycles. The van der Waals surface area contributed by atoms with Gasteiger partial charge in [-0.25, -0.2) is 9.78 Å². The van der Waals surface area contributed by atoms with Crippen LogP contribution < -0.4 is 5.32 Å². The third-order valence-corrected chi connectivity index (χ3v) is 2.68. The van der Waals surface area contributed by atoms with E-state index in [0.29, 0.717) is 0 Å². The molecule has 2 rings (SSSR count). The minimum Gasteiger partial charge on any atom is -0.465 e. The standard InChI is InChI=1S/C14H11F3N2O2/c1-21-13(20)9-6-7-18-12(8-9)19-11-5-3-2-4-10(11)14(15,16)17/h2-8H,1H3,(H,18,19). The zero-order chi connectivity index (χ0) is 15.5. The molecule has 4 nitrogen and oxygen atoms in total. The largest absolute Gasteiger partial charge is 0.465 e. The molecule has 0 fully saturated rings. The molecule has 0 bridgehead atoms. The van der Waals surface area contributed by atoms with Crippen molar-refractivity contribution in [2.24, 2.45) is 0 Å². The second-order valence-electron chi connectivity index (χ2n) is 4.09. The molecule has 0 radical (unpaired) electrons. The summed E-state index contributed by atoms with van der Waals surface area (Å²) in [6.45, 7) is 0. The van der Waals surface area contributed by atoms with Crippen molar-refractivity contribution in [2.75, 3.05) is 12.4 Å². The Balaban J connectivity index is 2.33. The summed E-state index contributed by atoms with van der Waals surface area (Å²) in [5.41, 5.74) is -0.755. The number of hydrogen-bond acceptors (Lipinski definition) is 4. The van der Waals surface area contributed by atoms with Gasteiger partial charge < -0.3 is 10.1 Å². The van der Waals surface area contributed by atoms with Crippen LogP contribution in [0, 0.1) is 0 Å². The van der Waals surface area contributed by atoms with Crippen LogP contribution in [-0.4, -0.2) is 18.1 Å². The molecule has 0 aliphatic rings. The van der Waals surface area contributed by atoms with E-state index in [0.717, 1.165) is 6.07 Å². The molecule has 0 atom stereocenters. The van der Waals surface area contributed by atoms with Gasteiger partial charge in [-0.05, 0) is 24.3 Å². The van der Waals surface area contributed by atoms with Gasteiger partial charge in [-0.15, -0.1) is 0 Å². The number of nitrogens with one attached hydrogen (secondary N) is 1. The first-order chi connectivity index (χ1) is 9.91. The molecule has 1 N–H and O–H groups in total. The van der Waals surface area contributed by atoms with E-state index < -0.39 is 17.7 Å². The minimum absolute atomic E-state index is 0.120. The Morgan fingerprint density at radius 1 is 1.24 bits per heavy atom. The smallest absolute Gasteiger partial charge is 0.418 e. The van der Waals surface area contributed by atoms with E-state index in [9.17, 15) is 18.0 Å². The van der Waals surface area contributed by atoms with Crippen molar-refractivity contribution in [2.45, 2.75) is 6.18 Å². The Morgan fingerprint density at radius 2 is 1.95 bits per heavy atom. The molecule has 0 aliphatic heterocycles. The van der Waals surface area contributed by atoms with E-state index in [2.05, 4.69) is 15.0 Å². The van der Waals surface area contributed by atoms with Crippen LogP contribution in [0.15, 0.2) is 42.6 Å². The first-order valence-corrected chi connectivity index (χ1v) is 5.89. The highest BCUT2D eigenvalue weighted by Crippen LogP contribution is 2.35. The summed E-state index contributed by atoms with van der Waals surface area (Å²) in [6, 6.07) is 7.75. The van der Waals surface area contributed by atoms with Gasteiger partial charge in [0.2, 0.25) is 0 Å². The number of anilines is 2. The number of rotatable bonds is 3. The van der Waals surface area contributed by atoms with Gasteiger partial charge in [-0.1, -0.05) is 12.1 Å². The molecule has 0 amide bonds. The molecule has 0 saturated heterocycles. The van der Waals surface area contributed by atoms with Crippen molar-refractivity contribution in [3.05, 3.63) is 53.7 Å². The van der Waals surface area contributed by atoms with Crippen LogP contribution in [0.3, 0.4) is 0 Å². The van der Waals surface area contributed by atoms with Crippen LogP contribution >= 0.6 is 0 Å². The number of hydrogen-bond donors (Lipinski definition) is 1. The number of benzene rings is 1. The third kappa shape index (κ3) is 3.50. The summed E-state index contributed by atoms with van der Waals surface area (Å²) in [7, 11) is 1.22. The maximum absolute atomic E-state index is 12.9. The predicted molar refractivity (Wildman–Crippen MR) is 70.3 cm³/mol. The summed E-state index contributed by atoms with van der Waals surface area (Å²) in [4.78, 5) is 15.3. The van der Waals surface area contributed by atoms with E-state index >= 15 is 0 Å². The van der Waals surface area contributed by atoms with E-state index in [1.807, 2.05) is 0 Å². The van der Waals surface area contributed by atoms with Crippen LogP contribution in [0.4, 0.5) is 24.7 Å². The number of methoxy groups -OCH3 is 1. The maximum Gasteiger partial charge on any atom is 0.418 e. The predicted octanol–water partition coefficient (Wildman–Crippen LogP) is 3.63. The van der Waals surface area contributed by atoms with Gasteiger partial charge in [0.05, 0.1) is 23.9 Å². The zero-order valence-corrected chi connectivity index (χ0v) is 10.9. The van der Waals surface area contributed by atoms with Gasteiger partial charge in [0.25, 0.3) is 0 Å². The molecule has 0 unspecified atom stereocenters. The molecular weight excluding hydrogens is 285 g/mol. The monoisotopic (exact) mass is 296 g/mol. The first-order valence-electron chi connectivity index (χ1n) is 5.89. The topological polar surface area (TPSA) is 51.2 Å². The Labute approximate surface area is 118 Å². The molecule has 2 aromatic rings. The summed E-state index contributed by atoms with van der Waals surface area (Å²) in [5.74, 6) is -0.473. The van der Waals surface area contributed by atoms with Gasteiger partial charge in [0.1, 0.15) is 5.82 Å². The number of carbonyl (C=O) groups excluding carboxylic acids is 1. The summed E-state index contributed by atoms with van der Waals surface area (Å²) in [6.07, 6.45) is -3.17. The average molecular weight is 296 g/mol. The lowest BCUT2D eigenvalue weighted by Gasteiger charge is -2.14. The zero-order valence-electron chi connectivity index (χ0n) is 10.9. The lowest BCUT2D eigenvalue weighted by molar-refractivity contribution is -0.136. The van der Waals surface area contributed by atoms with Crippen molar-refractivity contribution >= 4 is 17.5 Å². The molecular formula is C14H11F3N2O2. The lowest BCUT2D eigenvalue weighted by Crippen LogP contribution is -2.09. The fourth-order valence-electron chi connectivity index (χ4n) is 1.72. The van der Waals surface area contributed by atoms with Crippen molar-refractivity contribution in [1.29, 1.82) is 0 Å². The van der Waals surface area contributed by atoms with Gasteiger partial charge in [0.15, 0.2) is 0 Å². The number of ether oxygens (including phenoxy) is 1. The highest BCUT2D eigenvalue weighted by atomic mass is 19.4. The van der Waals surface area contributed by atoms with Gasteiger partial charge >= 0.3 is 12.1 Å². The number of pyridine rings is 1. The maximum atomic E-state index is 12.9. The number of para-hydroxylation sites is 1. The molecule has 110 valence electrons. The number of alkyl halides is 3. The molecule has 1 aromatic heterocycles. The van der Waals surface area contributed by atoms with Crippen molar-refractivity contribution in [3.63, 3.8) is 0 Å². The van der Waals surface area contributed by atoms with Crippen molar-refractivity contribution < 1.29 is 22.7 Å². The second kappa shape index (κ2) is 5.82. The van der Waals surface area contributed by atoms with Crippen molar-refractivity contribution in [1.82, 2.24) is 4.98 Å². The SMILES string of the molecule is COC(=O)c1ccnc(Nc2ccccc2C(F)(F)F)c1. The summed E-state index contributed by atoms with van der Waals surface area (Å²) >= 11 is 0. The quantitative estimate of drug-likeness (QED) is 0.879. The Bertz CT molecular complexity index is 657. The lowest BCUT2D eigenvalue weighted by atomic mass is 10.1. The summed E-state index contributed by atoms with van der Waals surface area (Å²) < 4.78 is 43.2. The van der Waals surface area contributed by atoms with E-state index in [1.54, 1.807) is 0 Å². The average Bonchev–Trinajstić information content (AvgIpc) is 2.46. The van der Waals surface area contributed by atoms with Crippen LogP contribution in [-0.2, 0) is 10.9 Å². The third-order valence-electron chi connectivity index (χ3n) is 2.68. The minimum atomic E-state index is -4.48. The van der Waals surface area contributed by atoms with E-state index in [4.69, 9.17) is 0 Å². The molecule has 0 spiro atoms. The second-order valence-corrected chi connectivity index (χ2v) is 4.09.